The van der Waals surface area contributed by atoms with Crippen LogP contribution in [0.1, 0.15) is 13.8 Å². The van der Waals surface area contributed by atoms with E-state index in [0.717, 1.165) is 18.4 Å². The van der Waals surface area contributed by atoms with E-state index in [4.69, 9.17) is 0 Å². The maximum absolute atomic E-state index is 13.5. The number of H-pyrrole nitrogens is 2. The molecule has 25 heteroatoms. The van der Waals surface area contributed by atoms with Crippen LogP contribution >= 0.6 is 0 Å². The Bertz CT molecular complexity index is 2420. The molecule has 4 aromatic rings. The molecule has 6 N–H and O–H groups in total. The highest BCUT2D eigenvalue weighted by molar-refractivity contribution is 7.91. The number of anilines is 1. The van der Waals surface area contributed by atoms with Crippen molar-refractivity contribution < 1.29 is 36.2 Å². The van der Waals surface area contributed by atoms with E-state index in [9.17, 15) is 65.7 Å². The van der Waals surface area contributed by atoms with Crippen LogP contribution in [0.15, 0.2) is 43.4 Å². The van der Waals surface area contributed by atoms with Crippen LogP contribution in [0.2, 0.25) is 0 Å². The molecule has 0 bridgehead atoms. The Morgan fingerprint density at radius 3 is 1.60 bits per heavy atom. The van der Waals surface area contributed by atoms with Gasteiger partial charge in [0.05, 0.1) is 56.3 Å². The van der Waals surface area contributed by atoms with Gasteiger partial charge in [0.2, 0.25) is 25.9 Å². The number of sulfonamides is 2. The first-order valence-electron chi connectivity index (χ1n) is 12.4. The maximum Gasteiger partial charge on any atom is 0.348 e. The fourth-order valence-electron chi connectivity index (χ4n) is 3.77. The summed E-state index contributed by atoms with van der Waals surface area (Å²) in [6, 6.07) is 3.33. The van der Waals surface area contributed by atoms with Gasteiger partial charge in [-0.25, -0.2) is 36.1 Å². The molecular formula is C22H24FN9O13S2. The summed E-state index contributed by atoms with van der Waals surface area (Å²) in [6.07, 6.45) is 1.47. The Morgan fingerprint density at radius 1 is 0.809 bits per heavy atom. The molecule has 0 saturated heterocycles. The van der Waals surface area contributed by atoms with Gasteiger partial charge in [0.15, 0.2) is 0 Å². The van der Waals surface area contributed by atoms with Crippen molar-refractivity contribution in [1.82, 2.24) is 19.3 Å². The molecule has 254 valence electrons. The van der Waals surface area contributed by atoms with Gasteiger partial charge in [-0.15, -0.1) is 0 Å². The van der Waals surface area contributed by atoms with Crippen molar-refractivity contribution in [2.75, 3.05) is 34.1 Å². The number of aromatic nitrogens is 4. The van der Waals surface area contributed by atoms with Gasteiger partial charge in [-0.1, -0.05) is 0 Å². The predicted octanol–water partition coefficient (Wildman–Crippen LogP) is -1.48. The number of aliphatic hydroxyl groups is 1. The third-order valence-corrected chi connectivity index (χ3v) is 6.78. The first kappa shape index (κ1) is 35.8. The fraction of sp³-hybridized carbons (Fsp3) is 0.273. The molecule has 4 rings (SSSR count). The lowest BCUT2D eigenvalue weighted by atomic mass is 10.1. The van der Waals surface area contributed by atoms with Crippen LogP contribution in [0, 0.1) is 26.0 Å². The molecule has 47 heavy (non-hydrogen) atoms. The summed E-state index contributed by atoms with van der Waals surface area (Å²) in [5.74, 6) is -1.29. The average Bonchev–Trinajstić information content (AvgIpc) is 2.92. The summed E-state index contributed by atoms with van der Waals surface area (Å²) >= 11 is 0. The van der Waals surface area contributed by atoms with Gasteiger partial charge in [-0.05, 0) is 26.0 Å². The fourth-order valence-corrected chi connectivity index (χ4v) is 4.77. The minimum Gasteiger partial charge on any atom is -0.394 e. The number of hydrogen-bond donors (Lipinski definition) is 6. The largest absolute Gasteiger partial charge is 0.394 e. The highest BCUT2D eigenvalue weighted by atomic mass is 32.2. The first-order valence-corrected chi connectivity index (χ1v) is 16.2. The molecule has 22 nitrogen and oxygen atoms in total. The van der Waals surface area contributed by atoms with Gasteiger partial charge < -0.3 is 20.4 Å². The van der Waals surface area contributed by atoms with E-state index < -0.39 is 80.5 Å². The van der Waals surface area contributed by atoms with Crippen LogP contribution in [0.25, 0.3) is 21.8 Å². The van der Waals surface area contributed by atoms with Crippen molar-refractivity contribution in [3.05, 3.63) is 92.0 Å². The predicted molar refractivity (Wildman–Crippen MR) is 164 cm³/mol. The van der Waals surface area contributed by atoms with Crippen molar-refractivity contribution in [3.8, 4) is 0 Å². The van der Waals surface area contributed by atoms with Gasteiger partial charge in [0.1, 0.15) is 5.69 Å². The molecule has 0 unspecified atom stereocenters. The Morgan fingerprint density at radius 2 is 1.21 bits per heavy atom. The molecule has 0 aliphatic carbocycles. The Kier molecular flexibility index (Phi) is 9.59. The Balaban J connectivity index is 0.000000261. The van der Waals surface area contributed by atoms with Gasteiger partial charge in [-0.3, -0.25) is 29.8 Å². The van der Waals surface area contributed by atoms with E-state index in [1.165, 1.54) is 0 Å². The second-order valence-corrected chi connectivity index (χ2v) is 13.8. The minimum absolute atomic E-state index is 0.0726. The second-order valence-electron chi connectivity index (χ2n) is 10.3. The number of benzene rings is 2. The molecule has 0 saturated carbocycles. The van der Waals surface area contributed by atoms with Crippen LogP contribution in [-0.2, 0) is 20.0 Å². The van der Waals surface area contributed by atoms with Crippen LogP contribution in [-0.4, -0.2) is 75.8 Å². The number of hydrogen-bond acceptors (Lipinski definition) is 14. The van der Waals surface area contributed by atoms with E-state index in [2.05, 4.69) is 15.3 Å². The zero-order chi connectivity index (χ0) is 35.8. The number of aromatic amines is 2. The summed E-state index contributed by atoms with van der Waals surface area (Å²) in [4.78, 5) is 75.8. The molecule has 0 amide bonds. The highest BCUT2D eigenvalue weighted by Gasteiger charge is 2.25. The van der Waals surface area contributed by atoms with Crippen molar-refractivity contribution >= 4 is 58.9 Å². The number of nitrogens with one attached hydrogen (secondary N) is 5. The number of rotatable bonds is 9. The van der Waals surface area contributed by atoms with Crippen LogP contribution in [0.4, 0.5) is 21.5 Å². The van der Waals surface area contributed by atoms with Crippen molar-refractivity contribution in [2.45, 2.75) is 19.4 Å². The smallest absolute Gasteiger partial charge is 0.348 e. The van der Waals surface area contributed by atoms with Gasteiger partial charge in [-0.2, -0.15) is 13.7 Å². The van der Waals surface area contributed by atoms with Gasteiger partial charge in [0.25, 0.3) is 16.8 Å². The van der Waals surface area contributed by atoms with E-state index >= 15 is 0 Å². The summed E-state index contributed by atoms with van der Waals surface area (Å²) in [5.41, 5.74) is -7.22. The van der Waals surface area contributed by atoms with Gasteiger partial charge in [0, 0.05) is 12.1 Å². The molecule has 0 aliphatic rings. The van der Waals surface area contributed by atoms with E-state index in [1.807, 2.05) is 0 Å². The zero-order valence-electron chi connectivity index (χ0n) is 24.3. The van der Waals surface area contributed by atoms with E-state index in [1.54, 1.807) is 23.5 Å². The van der Waals surface area contributed by atoms with Crippen molar-refractivity contribution in [2.24, 2.45) is 0 Å². The molecule has 2 aromatic heterocycles. The van der Waals surface area contributed by atoms with E-state index in [-0.39, 0.29) is 38.1 Å². The van der Waals surface area contributed by atoms with Crippen LogP contribution < -0.4 is 37.5 Å². The Labute approximate surface area is 259 Å². The normalized spacial score (nSPS) is 11.9. The lowest BCUT2D eigenvalue weighted by molar-refractivity contribution is -0.387. The number of aliphatic hydroxyl groups excluding tert-OH is 1. The molecule has 0 aliphatic heterocycles. The van der Waals surface area contributed by atoms with E-state index in [0.29, 0.717) is 18.4 Å². The average molecular weight is 706 g/mol. The molecule has 2 heterocycles. The quantitative estimate of drug-likeness (QED) is 0.0855. The lowest BCUT2D eigenvalue weighted by Gasteiger charge is -2.24. The van der Waals surface area contributed by atoms with Gasteiger partial charge >= 0.3 is 17.1 Å². The number of halogens is 1. The van der Waals surface area contributed by atoms with Crippen LogP contribution in [0.5, 0.6) is 0 Å². The maximum atomic E-state index is 13.5. The molecule has 0 spiro atoms. The van der Waals surface area contributed by atoms with Crippen molar-refractivity contribution in [3.63, 3.8) is 0 Å². The third-order valence-electron chi connectivity index (χ3n) is 5.76. The zero-order valence-corrected chi connectivity index (χ0v) is 26.0. The number of nitrogens with zero attached hydrogens (tertiary/aromatic N) is 4. The monoisotopic (exact) mass is 705 g/mol. The molecule has 0 radical (unpaired) electrons. The topological polar surface area (TPSA) is 321 Å². The highest BCUT2D eigenvalue weighted by Crippen LogP contribution is 2.30. The molecule has 2 aromatic carbocycles. The molecule has 0 fully saturated rings. The summed E-state index contributed by atoms with van der Waals surface area (Å²) in [5, 5.41) is 33.4. The second kappa shape index (κ2) is 12.6. The number of nitro benzene ring substituents is 2. The number of fused-ring (bicyclic) bond motifs is 2. The molecule has 0 atom stereocenters. The number of nitro groups is 2. The molecular weight excluding hydrogens is 681 g/mol. The SMILES string of the molecule is CC(C)(CO)Nc1cc2c(=O)n(NS(C)(=O)=O)c(=O)[nH]c2cc1[N+](=O)[O-].CS(=O)(=O)Nn1c(=O)[nH]c2cc([N+](=O)[O-])c(F)cc2c1=O. The minimum atomic E-state index is -3.93. The van der Waals surface area contributed by atoms with Crippen LogP contribution in [0.3, 0.4) is 0 Å². The first-order chi connectivity index (χ1) is 21.4. The standard InChI is InChI=1S/C13H17N5O7S.C9H7FN4O6S/c1-13(2,6-19)15-9-4-7-8(5-10(9)18(22)23)14-12(21)17(11(7)20)16-26(3,24)25;1-21(19,20)12-13-8(15)4-2-5(10)7(14(17)18)3-6(4)11-9(13)16/h4-5,15-16,19H,6H2,1-3H3,(H,14,21);2-3,12H,1H3,(H,11,16). The lowest BCUT2D eigenvalue weighted by Crippen LogP contribution is -2.43. The van der Waals surface area contributed by atoms with Crippen molar-refractivity contribution in [1.29, 1.82) is 0 Å². The summed E-state index contributed by atoms with van der Waals surface area (Å²) in [6.45, 7) is 2.81. The summed E-state index contributed by atoms with van der Waals surface area (Å²) < 4.78 is 58.7. The third kappa shape index (κ3) is 8.32. The summed E-state index contributed by atoms with van der Waals surface area (Å²) in [7, 11) is -7.85. The Hall–Kier alpha value is -5.69.